The molecule has 0 saturated heterocycles. The highest BCUT2D eigenvalue weighted by molar-refractivity contribution is 6.29. The minimum atomic E-state index is -0.265. The van der Waals surface area contributed by atoms with Crippen molar-refractivity contribution >= 4 is 17.4 Å². The molecule has 3 nitrogen and oxygen atoms in total. The normalized spacial score (nSPS) is 10.6. The lowest BCUT2D eigenvalue weighted by molar-refractivity contribution is 0.531. The number of pyridine rings is 1. The molecular weight excluding hydrogens is 291 g/mol. The molecule has 0 unspecified atom stereocenters. The van der Waals surface area contributed by atoms with E-state index in [0.717, 1.165) is 11.3 Å². The van der Waals surface area contributed by atoms with Crippen molar-refractivity contribution in [3.05, 3.63) is 71.3 Å². The Morgan fingerprint density at radius 1 is 1.05 bits per heavy atom. The fraction of sp³-hybridized carbons (Fsp3) is 0.0625. The zero-order valence-electron chi connectivity index (χ0n) is 11.0. The third-order valence-electron chi connectivity index (χ3n) is 2.95. The average Bonchev–Trinajstić information content (AvgIpc) is 2.95. The molecule has 0 spiro atoms. The van der Waals surface area contributed by atoms with Gasteiger partial charge in [-0.3, -0.25) is 0 Å². The Morgan fingerprint density at radius 3 is 2.62 bits per heavy atom. The van der Waals surface area contributed by atoms with Crippen molar-refractivity contribution < 1.29 is 8.81 Å². The molecule has 3 rings (SSSR count). The summed E-state index contributed by atoms with van der Waals surface area (Å²) in [7, 11) is 0. The molecule has 0 radical (unpaired) electrons. The van der Waals surface area contributed by atoms with Crippen LogP contribution < -0.4 is 5.32 Å². The van der Waals surface area contributed by atoms with Crippen LogP contribution in [0.5, 0.6) is 0 Å². The van der Waals surface area contributed by atoms with Gasteiger partial charge in [0.05, 0.1) is 6.54 Å². The smallest absolute Gasteiger partial charge is 0.134 e. The summed E-state index contributed by atoms with van der Waals surface area (Å²) in [5.41, 5.74) is 0.837. The monoisotopic (exact) mass is 302 g/mol. The first kappa shape index (κ1) is 13.6. The Hall–Kier alpha value is -2.33. The van der Waals surface area contributed by atoms with E-state index >= 15 is 0 Å². The van der Waals surface area contributed by atoms with Crippen molar-refractivity contribution in [3.63, 3.8) is 0 Å². The van der Waals surface area contributed by atoms with E-state index in [1.807, 2.05) is 24.3 Å². The van der Waals surface area contributed by atoms with E-state index in [1.54, 1.807) is 18.2 Å². The summed E-state index contributed by atoms with van der Waals surface area (Å²) in [6.07, 6.45) is 0. The maximum Gasteiger partial charge on any atom is 0.134 e. The van der Waals surface area contributed by atoms with Crippen LogP contribution in [0.25, 0.3) is 11.3 Å². The van der Waals surface area contributed by atoms with E-state index in [4.69, 9.17) is 16.0 Å². The lowest BCUT2D eigenvalue weighted by Gasteiger charge is -2.03. The van der Waals surface area contributed by atoms with Crippen molar-refractivity contribution in [3.8, 4) is 11.3 Å². The van der Waals surface area contributed by atoms with E-state index in [9.17, 15) is 4.39 Å². The maximum atomic E-state index is 12.9. The van der Waals surface area contributed by atoms with Gasteiger partial charge < -0.3 is 9.73 Å². The number of nitrogens with one attached hydrogen (secondary N) is 1. The third-order valence-corrected chi connectivity index (χ3v) is 3.16. The fourth-order valence-electron chi connectivity index (χ4n) is 1.93. The summed E-state index contributed by atoms with van der Waals surface area (Å²) in [6, 6.07) is 15.3. The van der Waals surface area contributed by atoms with Gasteiger partial charge in [-0.1, -0.05) is 17.7 Å². The highest BCUT2D eigenvalue weighted by Gasteiger charge is 2.05. The zero-order chi connectivity index (χ0) is 14.7. The van der Waals surface area contributed by atoms with Crippen molar-refractivity contribution in [2.24, 2.45) is 0 Å². The highest BCUT2D eigenvalue weighted by Crippen LogP contribution is 2.23. The third kappa shape index (κ3) is 3.41. The average molecular weight is 303 g/mol. The van der Waals surface area contributed by atoms with Crippen LogP contribution in [0, 0.1) is 5.82 Å². The summed E-state index contributed by atoms with van der Waals surface area (Å²) >= 11 is 5.82. The van der Waals surface area contributed by atoms with Gasteiger partial charge in [0.25, 0.3) is 0 Å². The van der Waals surface area contributed by atoms with Crippen LogP contribution in [0.15, 0.2) is 59.0 Å². The lowest BCUT2D eigenvalue weighted by atomic mass is 10.2. The maximum absolute atomic E-state index is 12.9. The van der Waals surface area contributed by atoms with Crippen LogP contribution in [-0.2, 0) is 6.54 Å². The summed E-state index contributed by atoms with van der Waals surface area (Å²) in [5, 5.41) is 3.56. The second kappa shape index (κ2) is 5.97. The summed E-state index contributed by atoms with van der Waals surface area (Å²) < 4.78 is 18.6. The predicted molar refractivity (Wildman–Crippen MR) is 80.7 cm³/mol. The van der Waals surface area contributed by atoms with Gasteiger partial charge in [-0.2, -0.15) is 0 Å². The van der Waals surface area contributed by atoms with Crippen molar-refractivity contribution in [2.75, 3.05) is 5.32 Å². The van der Waals surface area contributed by atoms with Crippen LogP contribution in [0.2, 0.25) is 5.15 Å². The SMILES string of the molecule is Fc1ccc(-c2ccc(CNc3cccc(Cl)n3)o2)cc1. The first-order valence-electron chi connectivity index (χ1n) is 6.42. The van der Waals surface area contributed by atoms with E-state index in [-0.39, 0.29) is 5.82 Å². The fourth-order valence-corrected chi connectivity index (χ4v) is 2.09. The number of furan rings is 1. The molecule has 2 aromatic heterocycles. The predicted octanol–water partition coefficient (Wildman–Crippen LogP) is 4.75. The lowest BCUT2D eigenvalue weighted by Crippen LogP contribution is -1.99. The number of aromatic nitrogens is 1. The van der Waals surface area contributed by atoms with Crippen LogP contribution >= 0.6 is 11.6 Å². The topological polar surface area (TPSA) is 38.1 Å². The molecule has 0 bridgehead atoms. The van der Waals surface area contributed by atoms with Crippen molar-refractivity contribution in [1.29, 1.82) is 0 Å². The number of benzene rings is 1. The second-order valence-corrected chi connectivity index (χ2v) is 4.86. The Labute approximate surface area is 126 Å². The minimum Gasteiger partial charge on any atom is -0.459 e. The Morgan fingerprint density at radius 2 is 1.86 bits per heavy atom. The molecule has 21 heavy (non-hydrogen) atoms. The molecule has 0 amide bonds. The quantitative estimate of drug-likeness (QED) is 0.707. The largest absolute Gasteiger partial charge is 0.459 e. The van der Waals surface area contributed by atoms with Crippen LogP contribution in [0.3, 0.4) is 0 Å². The molecule has 5 heteroatoms. The van der Waals surface area contributed by atoms with E-state index in [2.05, 4.69) is 10.3 Å². The minimum absolute atomic E-state index is 0.265. The van der Waals surface area contributed by atoms with Gasteiger partial charge in [0, 0.05) is 5.56 Å². The molecule has 2 heterocycles. The molecular formula is C16H12ClFN2O. The van der Waals surface area contributed by atoms with Gasteiger partial charge in [0.2, 0.25) is 0 Å². The molecule has 1 aromatic carbocycles. The molecule has 0 aliphatic carbocycles. The number of halogens is 2. The van der Waals surface area contributed by atoms with Crippen LogP contribution in [0.1, 0.15) is 5.76 Å². The molecule has 0 atom stereocenters. The first-order valence-corrected chi connectivity index (χ1v) is 6.79. The van der Waals surface area contributed by atoms with Crippen LogP contribution in [0.4, 0.5) is 10.2 Å². The molecule has 1 N–H and O–H groups in total. The van der Waals surface area contributed by atoms with Gasteiger partial charge in [-0.05, 0) is 48.5 Å². The van der Waals surface area contributed by atoms with Gasteiger partial charge in [-0.15, -0.1) is 0 Å². The summed E-state index contributed by atoms with van der Waals surface area (Å²) in [5.74, 6) is 1.88. The molecule has 106 valence electrons. The Balaban J connectivity index is 1.69. The number of nitrogens with zero attached hydrogens (tertiary/aromatic N) is 1. The number of anilines is 1. The number of hydrogen-bond donors (Lipinski definition) is 1. The Kier molecular flexibility index (Phi) is 3.88. The van der Waals surface area contributed by atoms with Gasteiger partial charge >= 0.3 is 0 Å². The molecule has 0 saturated carbocycles. The first-order chi connectivity index (χ1) is 10.2. The number of hydrogen-bond acceptors (Lipinski definition) is 3. The van der Waals surface area contributed by atoms with Crippen LogP contribution in [-0.4, -0.2) is 4.98 Å². The number of rotatable bonds is 4. The standard InChI is InChI=1S/C16H12ClFN2O/c17-15-2-1-3-16(20-15)19-10-13-8-9-14(21-13)11-4-6-12(18)7-5-11/h1-9H,10H2,(H,19,20). The molecule has 0 aliphatic rings. The van der Waals surface area contributed by atoms with Gasteiger partial charge in [-0.25, -0.2) is 9.37 Å². The van der Waals surface area contributed by atoms with Crippen molar-refractivity contribution in [1.82, 2.24) is 4.98 Å². The Bertz CT molecular complexity index is 740. The molecule has 0 aliphatic heterocycles. The summed E-state index contributed by atoms with van der Waals surface area (Å²) in [4.78, 5) is 4.13. The highest BCUT2D eigenvalue weighted by atomic mass is 35.5. The van der Waals surface area contributed by atoms with Gasteiger partial charge in [0.1, 0.15) is 28.3 Å². The summed E-state index contributed by atoms with van der Waals surface area (Å²) in [6.45, 7) is 0.495. The molecule has 3 aromatic rings. The van der Waals surface area contributed by atoms with E-state index in [0.29, 0.717) is 23.3 Å². The zero-order valence-corrected chi connectivity index (χ0v) is 11.8. The van der Waals surface area contributed by atoms with Gasteiger partial charge in [0.15, 0.2) is 0 Å². The van der Waals surface area contributed by atoms with Crippen molar-refractivity contribution in [2.45, 2.75) is 6.54 Å². The molecule has 0 fully saturated rings. The van der Waals surface area contributed by atoms with E-state index < -0.39 is 0 Å². The second-order valence-electron chi connectivity index (χ2n) is 4.47. The van der Waals surface area contributed by atoms with E-state index in [1.165, 1.54) is 12.1 Å².